The third-order valence-electron chi connectivity index (χ3n) is 3.64. The maximum absolute atomic E-state index is 12.9. The number of benzene rings is 2. The maximum Gasteiger partial charge on any atom is 0.365 e. The molecule has 0 bridgehead atoms. The molecule has 3 aromatic rings. The summed E-state index contributed by atoms with van der Waals surface area (Å²) in [5.41, 5.74) is 1.01. The Hall–Kier alpha value is -3.35. The van der Waals surface area contributed by atoms with Crippen molar-refractivity contribution in [3.63, 3.8) is 0 Å². The molecule has 0 radical (unpaired) electrons. The van der Waals surface area contributed by atoms with Crippen LogP contribution in [0.25, 0.3) is 11.3 Å². The summed E-state index contributed by atoms with van der Waals surface area (Å²) in [4.78, 5) is 28.5. The number of nitrogens with one attached hydrogen (secondary N) is 1. The van der Waals surface area contributed by atoms with Crippen molar-refractivity contribution in [3.8, 4) is 11.3 Å². The second-order valence-electron chi connectivity index (χ2n) is 5.41. The van der Waals surface area contributed by atoms with Gasteiger partial charge in [0, 0.05) is 11.3 Å². The fourth-order valence-electron chi connectivity index (χ4n) is 2.25. The molecule has 0 saturated carbocycles. The number of carbonyl (C=O) groups excluding carboxylic acids is 1. The summed E-state index contributed by atoms with van der Waals surface area (Å²) >= 11 is 0. The van der Waals surface area contributed by atoms with Gasteiger partial charge < -0.3 is 5.32 Å². The minimum Gasteiger partial charge on any atom is -0.324 e. The van der Waals surface area contributed by atoms with Gasteiger partial charge in [-0.05, 0) is 31.2 Å². The topological polar surface area (TPSA) is 76.9 Å². The fourth-order valence-corrected chi connectivity index (χ4v) is 2.25. The van der Waals surface area contributed by atoms with Crippen LogP contribution >= 0.6 is 0 Å². The van der Waals surface area contributed by atoms with Crippen LogP contribution in [0.15, 0.2) is 65.6 Å². The summed E-state index contributed by atoms with van der Waals surface area (Å²) in [7, 11) is 0. The van der Waals surface area contributed by atoms with Crippen molar-refractivity contribution in [2.45, 2.75) is 13.0 Å². The Kier molecular flexibility index (Phi) is 4.65. The molecule has 1 N–H and O–H groups in total. The first kappa shape index (κ1) is 16.5. The number of rotatable bonds is 4. The van der Waals surface area contributed by atoms with E-state index >= 15 is 0 Å². The van der Waals surface area contributed by atoms with Crippen molar-refractivity contribution in [2.75, 3.05) is 5.32 Å². The number of aromatic nitrogens is 3. The van der Waals surface area contributed by atoms with Gasteiger partial charge >= 0.3 is 5.69 Å². The average molecular weight is 338 g/mol. The molecule has 0 aliphatic rings. The van der Waals surface area contributed by atoms with Crippen LogP contribution in [0.3, 0.4) is 0 Å². The van der Waals surface area contributed by atoms with E-state index in [2.05, 4.69) is 15.4 Å². The second kappa shape index (κ2) is 7.04. The van der Waals surface area contributed by atoms with Crippen LogP contribution < -0.4 is 11.0 Å². The van der Waals surface area contributed by atoms with Gasteiger partial charge in [-0.25, -0.2) is 13.9 Å². The Morgan fingerprint density at radius 1 is 1.12 bits per heavy atom. The molecule has 25 heavy (non-hydrogen) atoms. The third kappa shape index (κ3) is 3.77. The Morgan fingerprint density at radius 2 is 1.80 bits per heavy atom. The van der Waals surface area contributed by atoms with E-state index in [9.17, 15) is 14.0 Å². The first-order chi connectivity index (χ1) is 12.0. The van der Waals surface area contributed by atoms with E-state index in [1.54, 1.807) is 0 Å². The Bertz CT molecular complexity index is 939. The number of halogens is 1. The van der Waals surface area contributed by atoms with E-state index in [0.717, 1.165) is 10.2 Å². The molecule has 0 spiro atoms. The average Bonchev–Trinajstić information content (AvgIpc) is 2.63. The normalized spacial score (nSPS) is 11.8. The Labute approximate surface area is 143 Å². The molecule has 0 aliphatic heterocycles. The lowest BCUT2D eigenvalue weighted by Gasteiger charge is -2.13. The number of amides is 1. The van der Waals surface area contributed by atoms with Crippen LogP contribution in [0.5, 0.6) is 0 Å². The van der Waals surface area contributed by atoms with Crippen molar-refractivity contribution in [3.05, 3.63) is 77.1 Å². The van der Waals surface area contributed by atoms with Crippen molar-refractivity contribution in [1.29, 1.82) is 0 Å². The van der Waals surface area contributed by atoms with Crippen molar-refractivity contribution < 1.29 is 9.18 Å². The lowest BCUT2D eigenvalue weighted by atomic mass is 10.2. The van der Waals surface area contributed by atoms with Gasteiger partial charge in [-0.1, -0.05) is 30.3 Å². The van der Waals surface area contributed by atoms with Crippen molar-refractivity contribution in [2.24, 2.45) is 0 Å². The molecule has 126 valence electrons. The molecule has 1 atom stereocenters. The van der Waals surface area contributed by atoms with E-state index in [0.29, 0.717) is 11.4 Å². The van der Waals surface area contributed by atoms with Gasteiger partial charge in [0.2, 0.25) is 5.91 Å². The number of nitrogens with zero attached hydrogens (tertiary/aromatic N) is 3. The van der Waals surface area contributed by atoms with Gasteiger partial charge in [-0.2, -0.15) is 10.1 Å². The van der Waals surface area contributed by atoms with Gasteiger partial charge in [0.05, 0.1) is 11.9 Å². The standard InChI is InChI=1S/C18H15FN4O2/c1-12(17(24)21-15-9-7-14(19)8-10-15)23-18(25)22-16(11-20-23)13-5-3-2-4-6-13/h2-12H,1H3,(H,21,24)/t12-/m1/s1. The Balaban J connectivity index is 1.80. The largest absolute Gasteiger partial charge is 0.365 e. The van der Waals surface area contributed by atoms with Crippen LogP contribution in [-0.4, -0.2) is 20.7 Å². The summed E-state index contributed by atoms with van der Waals surface area (Å²) in [6, 6.07) is 13.6. The highest BCUT2D eigenvalue weighted by Crippen LogP contribution is 2.14. The van der Waals surface area contributed by atoms with E-state index in [4.69, 9.17) is 0 Å². The fraction of sp³-hybridized carbons (Fsp3) is 0.111. The molecule has 1 aromatic heterocycles. The monoisotopic (exact) mass is 338 g/mol. The van der Waals surface area contributed by atoms with Crippen LogP contribution in [-0.2, 0) is 4.79 Å². The Morgan fingerprint density at radius 3 is 2.44 bits per heavy atom. The van der Waals surface area contributed by atoms with Crippen LogP contribution in [0.1, 0.15) is 13.0 Å². The molecular formula is C18H15FN4O2. The van der Waals surface area contributed by atoms with Crippen LogP contribution in [0.4, 0.5) is 10.1 Å². The first-order valence-electron chi connectivity index (χ1n) is 7.62. The van der Waals surface area contributed by atoms with Gasteiger partial charge in [-0.3, -0.25) is 4.79 Å². The summed E-state index contributed by atoms with van der Waals surface area (Å²) in [5, 5.41) is 6.66. The molecule has 7 heteroatoms. The second-order valence-corrected chi connectivity index (χ2v) is 5.41. The van der Waals surface area contributed by atoms with Gasteiger partial charge in [0.25, 0.3) is 0 Å². The van der Waals surface area contributed by atoms with Crippen LogP contribution in [0, 0.1) is 5.82 Å². The summed E-state index contributed by atoms with van der Waals surface area (Å²) in [6.07, 6.45) is 1.44. The van der Waals surface area contributed by atoms with E-state index in [1.807, 2.05) is 30.3 Å². The summed E-state index contributed by atoms with van der Waals surface area (Å²) in [6.45, 7) is 1.54. The molecule has 0 fully saturated rings. The zero-order valence-electron chi connectivity index (χ0n) is 13.4. The highest BCUT2D eigenvalue weighted by Gasteiger charge is 2.18. The summed E-state index contributed by atoms with van der Waals surface area (Å²) in [5.74, 6) is -0.847. The van der Waals surface area contributed by atoms with Gasteiger partial charge in [0.1, 0.15) is 11.9 Å². The smallest absolute Gasteiger partial charge is 0.324 e. The highest BCUT2D eigenvalue weighted by atomic mass is 19.1. The van der Waals surface area contributed by atoms with E-state index in [-0.39, 0.29) is 0 Å². The third-order valence-corrected chi connectivity index (χ3v) is 3.64. The molecular weight excluding hydrogens is 323 g/mol. The van der Waals surface area contributed by atoms with Gasteiger partial charge in [0.15, 0.2) is 0 Å². The molecule has 0 unspecified atom stereocenters. The number of carbonyl (C=O) groups is 1. The lowest BCUT2D eigenvalue weighted by molar-refractivity contribution is -0.119. The first-order valence-corrected chi connectivity index (χ1v) is 7.62. The molecule has 1 amide bonds. The van der Waals surface area contributed by atoms with Crippen molar-refractivity contribution in [1.82, 2.24) is 14.8 Å². The SMILES string of the molecule is C[C@H](C(=O)Nc1ccc(F)cc1)n1ncc(-c2ccccc2)nc1=O. The number of hydrogen-bond acceptors (Lipinski definition) is 4. The van der Waals surface area contributed by atoms with E-state index < -0.39 is 23.5 Å². The minimum absolute atomic E-state index is 0.398. The zero-order valence-corrected chi connectivity index (χ0v) is 13.4. The quantitative estimate of drug-likeness (QED) is 0.793. The predicted octanol–water partition coefficient (Wildman–Crippen LogP) is 2.64. The molecule has 6 nitrogen and oxygen atoms in total. The molecule has 0 saturated heterocycles. The molecule has 0 aliphatic carbocycles. The number of hydrogen-bond donors (Lipinski definition) is 1. The maximum atomic E-state index is 12.9. The minimum atomic E-state index is -0.866. The summed E-state index contributed by atoms with van der Waals surface area (Å²) < 4.78 is 13.9. The number of anilines is 1. The lowest BCUT2D eigenvalue weighted by Crippen LogP contribution is -2.34. The molecule has 3 rings (SSSR count). The van der Waals surface area contributed by atoms with E-state index in [1.165, 1.54) is 37.4 Å². The molecule has 2 aromatic carbocycles. The van der Waals surface area contributed by atoms with Crippen molar-refractivity contribution >= 4 is 11.6 Å². The van der Waals surface area contributed by atoms with Crippen LogP contribution in [0.2, 0.25) is 0 Å². The highest BCUT2D eigenvalue weighted by molar-refractivity contribution is 5.93. The predicted molar refractivity (Wildman–Crippen MR) is 91.5 cm³/mol. The zero-order chi connectivity index (χ0) is 17.8. The van der Waals surface area contributed by atoms with Gasteiger partial charge in [-0.15, -0.1) is 0 Å². The molecule has 1 heterocycles.